The van der Waals surface area contributed by atoms with Crippen molar-refractivity contribution in [3.8, 4) is 0 Å². The fourth-order valence-corrected chi connectivity index (χ4v) is 1.80. The lowest BCUT2D eigenvalue weighted by molar-refractivity contribution is -0.118. The molecule has 0 spiro atoms. The van der Waals surface area contributed by atoms with E-state index in [-0.39, 0.29) is 23.8 Å². The van der Waals surface area contributed by atoms with Crippen LogP contribution in [0.4, 0.5) is 5.69 Å². The zero-order valence-electron chi connectivity index (χ0n) is 12.7. The van der Waals surface area contributed by atoms with E-state index in [1.165, 1.54) is 0 Å². The Morgan fingerprint density at radius 1 is 1.10 bits per heavy atom. The maximum Gasteiger partial charge on any atom is 0.251 e. The number of nitrogens with one attached hydrogen (secondary N) is 2. The number of carbonyl (C=O) groups excluding carboxylic acids is 2. The highest BCUT2D eigenvalue weighted by atomic mass is 16.2. The van der Waals surface area contributed by atoms with Crippen LogP contribution in [-0.4, -0.2) is 17.9 Å². The van der Waals surface area contributed by atoms with E-state index in [4.69, 9.17) is 0 Å². The smallest absolute Gasteiger partial charge is 0.251 e. The van der Waals surface area contributed by atoms with Gasteiger partial charge in [-0.25, -0.2) is 0 Å². The number of anilines is 1. The summed E-state index contributed by atoms with van der Waals surface area (Å²) < 4.78 is 0. The molecular formula is C16H24N2O2. The Morgan fingerprint density at radius 2 is 1.70 bits per heavy atom. The van der Waals surface area contributed by atoms with Crippen LogP contribution in [0.15, 0.2) is 24.3 Å². The summed E-state index contributed by atoms with van der Waals surface area (Å²) >= 11 is 0. The van der Waals surface area contributed by atoms with Gasteiger partial charge in [-0.1, -0.05) is 27.2 Å². The molecule has 0 fully saturated rings. The van der Waals surface area contributed by atoms with Gasteiger partial charge in [-0.05, 0) is 37.6 Å². The van der Waals surface area contributed by atoms with E-state index in [9.17, 15) is 9.59 Å². The molecule has 4 nitrogen and oxygen atoms in total. The van der Waals surface area contributed by atoms with Crippen LogP contribution in [0.1, 0.15) is 50.9 Å². The quantitative estimate of drug-likeness (QED) is 0.838. The third kappa shape index (κ3) is 5.03. The van der Waals surface area contributed by atoms with E-state index in [2.05, 4.69) is 17.6 Å². The molecule has 2 N–H and O–H groups in total. The van der Waals surface area contributed by atoms with Crippen molar-refractivity contribution in [3.05, 3.63) is 29.8 Å². The summed E-state index contributed by atoms with van der Waals surface area (Å²) in [4.78, 5) is 23.5. The van der Waals surface area contributed by atoms with Crippen LogP contribution in [0, 0.1) is 5.92 Å². The van der Waals surface area contributed by atoms with Gasteiger partial charge in [0, 0.05) is 23.2 Å². The summed E-state index contributed by atoms with van der Waals surface area (Å²) in [6, 6.07) is 7.13. The standard InChI is InChI=1S/C16H24N2O2/c1-5-6-12(4)17-16(20)13-7-9-14(10-8-13)18-15(19)11(2)3/h7-12H,5-6H2,1-4H3,(H,17,20)(H,18,19). The van der Waals surface area contributed by atoms with Gasteiger partial charge in [0.1, 0.15) is 0 Å². The zero-order chi connectivity index (χ0) is 15.1. The van der Waals surface area contributed by atoms with Gasteiger partial charge in [-0.3, -0.25) is 9.59 Å². The largest absolute Gasteiger partial charge is 0.350 e. The van der Waals surface area contributed by atoms with Crippen molar-refractivity contribution in [1.29, 1.82) is 0 Å². The molecule has 0 aliphatic carbocycles. The lowest BCUT2D eigenvalue weighted by atomic mass is 10.1. The summed E-state index contributed by atoms with van der Waals surface area (Å²) in [5.41, 5.74) is 1.32. The monoisotopic (exact) mass is 276 g/mol. The van der Waals surface area contributed by atoms with E-state index >= 15 is 0 Å². The highest BCUT2D eigenvalue weighted by Gasteiger charge is 2.10. The van der Waals surface area contributed by atoms with Crippen LogP contribution in [0.25, 0.3) is 0 Å². The Bertz CT molecular complexity index is 452. The van der Waals surface area contributed by atoms with Crippen LogP contribution in [0.5, 0.6) is 0 Å². The molecule has 1 rings (SSSR count). The second-order valence-electron chi connectivity index (χ2n) is 5.38. The molecule has 0 aliphatic heterocycles. The summed E-state index contributed by atoms with van der Waals surface area (Å²) in [7, 11) is 0. The maximum absolute atomic E-state index is 12.0. The number of hydrogen-bond donors (Lipinski definition) is 2. The molecule has 0 heterocycles. The van der Waals surface area contributed by atoms with Crippen LogP contribution in [0.2, 0.25) is 0 Å². The number of carbonyl (C=O) groups is 2. The first-order valence-corrected chi connectivity index (χ1v) is 7.15. The Hall–Kier alpha value is -1.84. The van der Waals surface area contributed by atoms with Gasteiger partial charge in [0.2, 0.25) is 5.91 Å². The first-order valence-electron chi connectivity index (χ1n) is 7.15. The minimum absolute atomic E-state index is 0.0289. The van der Waals surface area contributed by atoms with Crippen molar-refractivity contribution in [2.75, 3.05) is 5.32 Å². The predicted octanol–water partition coefficient (Wildman–Crippen LogP) is 3.20. The number of amides is 2. The van der Waals surface area contributed by atoms with E-state index in [1.807, 2.05) is 20.8 Å². The molecule has 0 radical (unpaired) electrons. The molecule has 0 saturated heterocycles. The normalized spacial score (nSPS) is 12.1. The molecule has 1 unspecified atom stereocenters. The van der Waals surface area contributed by atoms with Gasteiger partial charge in [0.25, 0.3) is 5.91 Å². The van der Waals surface area contributed by atoms with Crippen LogP contribution in [-0.2, 0) is 4.79 Å². The van der Waals surface area contributed by atoms with Crippen molar-refractivity contribution < 1.29 is 9.59 Å². The third-order valence-electron chi connectivity index (χ3n) is 3.04. The minimum Gasteiger partial charge on any atom is -0.350 e. The summed E-state index contributed by atoms with van der Waals surface area (Å²) in [5.74, 6) is -0.167. The van der Waals surface area contributed by atoms with Gasteiger partial charge in [0.05, 0.1) is 0 Å². The van der Waals surface area contributed by atoms with Gasteiger partial charge in [0.15, 0.2) is 0 Å². The first kappa shape index (κ1) is 16.2. The molecule has 4 heteroatoms. The second-order valence-corrected chi connectivity index (χ2v) is 5.38. The minimum atomic E-state index is -0.0762. The Labute approximate surface area is 121 Å². The fraction of sp³-hybridized carbons (Fsp3) is 0.500. The topological polar surface area (TPSA) is 58.2 Å². The first-order chi connectivity index (χ1) is 9.43. The van der Waals surface area contributed by atoms with Gasteiger partial charge < -0.3 is 10.6 Å². The van der Waals surface area contributed by atoms with Crippen molar-refractivity contribution in [2.45, 2.75) is 46.6 Å². The molecular weight excluding hydrogens is 252 g/mol. The van der Waals surface area contributed by atoms with Gasteiger partial charge in [-0.2, -0.15) is 0 Å². The molecule has 0 saturated carbocycles. The summed E-state index contributed by atoms with van der Waals surface area (Å²) in [5, 5.41) is 5.75. The molecule has 1 aromatic rings. The highest BCUT2D eigenvalue weighted by Crippen LogP contribution is 2.11. The molecule has 0 bridgehead atoms. The van der Waals surface area contributed by atoms with Crippen molar-refractivity contribution in [2.24, 2.45) is 5.92 Å². The number of rotatable bonds is 6. The molecule has 20 heavy (non-hydrogen) atoms. The van der Waals surface area contributed by atoms with E-state index in [1.54, 1.807) is 24.3 Å². The van der Waals surface area contributed by atoms with Crippen LogP contribution >= 0.6 is 0 Å². The molecule has 2 amide bonds. The van der Waals surface area contributed by atoms with Crippen LogP contribution in [0.3, 0.4) is 0 Å². The van der Waals surface area contributed by atoms with Crippen molar-refractivity contribution >= 4 is 17.5 Å². The lowest BCUT2D eigenvalue weighted by Gasteiger charge is -2.13. The van der Waals surface area contributed by atoms with Gasteiger partial charge >= 0.3 is 0 Å². The van der Waals surface area contributed by atoms with Crippen LogP contribution < -0.4 is 10.6 Å². The van der Waals surface area contributed by atoms with Crippen molar-refractivity contribution in [3.63, 3.8) is 0 Å². The highest BCUT2D eigenvalue weighted by molar-refractivity contribution is 5.96. The van der Waals surface area contributed by atoms with E-state index in [0.717, 1.165) is 12.8 Å². The molecule has 1 aromatic carbocycles. The summed E-state index contributed by atoms with van der Waals surface area (Å²) in [6.07, 6.45) is 2.01. The average molecular weight is 276 g/mol. The number of hydrogen-bond acceptors (Lipinski definition) is 2. The number of benzene rings is 1. The molecule has 0 aromatic heterocycles. The van der Waals surface area contributed by atoms with E-state index in [0.29, 0.717) is 11.3 Å². The third-order valence-corrected chi connectivity index (χ3v) is 3.04. The molecule has 110 valence electrons. The Balaban J connectivity index is 2.62. The van der Waals surface area contributed by atoms with Gasteiger partial charge in [-0.15, -0.1) is 0 Å². The summed E-state index contributed by atoms with van der Waals surface area (Å²) in [6.45, 7) is 7.77. The Morgan fingerprint density at radius 3 is 2.20 bits per heavy atom. The maximum atomic E-state index is 12.0. The van der Waals surface area contributed by atoms with E-state index < -0.39 is 0 Å². The second kappa shape index (κ2) is 7.68. The van der Waals surface area contributed by atoms with Crippen molar-refractivity contribution in [1.82, 2.24) is 5.32 Å². The SMILES string of the molecule is CCCC(C)NC(=O)c1ccc(NC(=O)C(C)C)cc1. The average Bonchev–Trinajstić information content (AvgIpc) is 2.39. The predicted molar refractivity (Wildman–Crippen MR) is 81.7 cm³/mol. The lowest BCUT2D eigenvalue weighted by Crippen LogP contribution is -2.32. The Kier molecular flexibility index (Phi) is 6.22. The zero-order valence-corrected chi connectivity index (χ0v) is 12.7. The molecule has 0 aliphatic rings. The fourth-order valence-electron chi connectivity index (χ4n) is 1.80. The molecule has 1 atom stereocenters.